The summed E-state index contributed by atoms with van der Waals surface area (Å²) in [5.41, 5.74) is -0.887. The Bertz CT molecular complexity index is 526. The van der Waals surface area contributed by atoms with Gasteiger partial charge in [-0.15, -0.1) is 0 Å². The van der Waals surface area contributed by atoms with E-state index in [0.29, 0.717) is 12.5 Å². The second kappa shape index (κ2) is 6.19. The Morgan fingerprint density at radius 1 is 1.21 bits per heavy atom. The third-order valence-electron chi connectivity index (χ3n) is 4.22. The molecular formula is C14H23N3O2. The van der Waals surface area contributed by atoms with Crippen LogP contribution in [0.15, 0.2) is 22.0 Å². The van der Waals surface area contributed by atoms with Gasteiger partial charge >= 0.3 is 11.1 Å². The standard InChI is InChI=1S/C14H23N3O2/c1-15-12(11-6-4-3-5-7-11)10-17-9-8-16(2)13(18)14(17)19/h8-9,11-12,15H,3-7,10H2,1-2H3. The van der Waals surface area contributed by atoms with Crippen molar-refractivity contribution in [2.45, 2.75) is 44.7 Å². The average molecular weight is 265 g/mol. The Hall–Kier alpha value is -1.36. The molecule has 0 saturated heterocycles. The second-order valence-electron chi connectivity index (χ2n) is 5.46. The summed E-state index contributed by atoms with van der Waals surface area (Å²) in [5, 5.41) is 3.31. The monoisotopic (exact) mass is 265 g/mol. The van der Waals surface area contributed by atoms with E-state index >= 15 is 0 Å². The van der Waals surface area contributed by atoms with Crippen LogP contribution in [0, 0.1) is 5.92 Å². The molecule has 0 radical (unpaired) electrons. The molecule has 1 saturated carbocycles. The first kappa shape index (κ1) is 14.1. The molecule has 106 valence electrons. The van der Waals surface area contributed by atoms with Crippen LogP contribution in [-0.4, -0.2) is 22.2 Å². The van der Waals surface area contributed by atoms with Crippen molar-refractivity contribution in [1.29, 1.82) is 0 Å². The summed E-state index contributed by atoms with van der Waals surface area (Å²) in [6, 6.07) is 0.269. The highest BCUT2D eigenvalue weighted by Gasteiger charge is 2.23. The van der Waals surface area contributed by atoms with Crippen molar-refractivity contribution >= 4 is 0 Å². The molecule has 2 rings (SSSR count). The number of aryl methyl sites for hydroxylation is 1. The normalized spacial score (nSPS) is 18.4. The molecule has 1 aliphatic rings. The molecule has 1 atom stereocenters. The minimum Gasteiger partial charge on any atom is -0.315 e. The molecule has 1 N–H and O–H groups in total. The summed E-state index contributed by atoms with van der Waals surface area (Å²) >= 11 is 0. The van der Waals surface area contributed by atoms with Gasteiger partial charge in [0.2, 0.25) is 0 Å². The smallest absolute Gasteiger partial charge is 0.315 e. The maximum atomic E-state index is 11.9. The average Bonchev–Trinajstić information content (AvgIpc) is 2.45. The highest BCUT2D eigenvalue weighted by Crippen LogP contribution is 2.26. The molecule has 19 heavy (non-hydrogen) atoms. The van der Waals surface area contributed by atoms with E-state index in [1.54, 1.807) is 19.4 Å². The first-order chi connectivity index (χ1) is 9.13. The van der Waals surface area contributed by atoms with E-state index in [2.05, 4.69) is 5.32 Å². The molecule has 1 aliphatic carbocycles. The SMILES string of the molecule is CNC(Cn1ccn(C)c(=O)c1=O)C1CCCCC1. The zero-order chi connectivity index (χ0) is 13.8. The van der Waals surface area contributed by atoms with Gasteiger partial charge in [0.25, 0.3) is 0 Å². The van der Waals surface area contributed by atoms with Gasteiger partial charge in [0.05, 0.1) is 0 Å². The molecule has 0 aromatic carbocycles. The first-order valence-corrected chi connectivity index (χ1v) is 7.07. The zero-order valence-corrected chi connectivity index (χ0v) is 11.8. The summed E-state index contributed by atoms with van der Waals surface area (Å²) in [6.07, 6.45) is 9.64. The highest BCUT2D eigenvalue weighted by atomic mass is 16.2. The summed E-state index contributed by atoms with van der Waals surface area (Å²) < 4.78 is 2.87. The van der Waals surface area contributed by atoms with Crippen LogP contribution in [0.25, 0.3) is 0 Å². The first-order valence-electron chi connectivity index (χ1n) is 7.07. The van der Waals surface area contributed by atoms with Gasteiger partial charge in [-0.2, -0.15) is 0 Å². The summed E-state index contributed by atoms with van der Waals surface area (Å²) in [6.45, 7) is 0.579. The molecule has 0 bridgehead atoms. The van der Waals surface area contributed by atoms with E-state index < -0.39 is 11.1 Å². The molecule has 5 nitrogen and oxygen atoms in total. The van der Waals surface area contributed by atoms with Gasteiger partial charge in [-0.05, 0) is 25.8 Å². The van der Waals surface area contributed by atoms with Gasteiger partial charge in [-0.1, -0.05) is 19.3 Å². The van der Waals surface area contributed by atoms with Crippen LogP contribution in [0.4, 0.5) is 0 Å². The van der Waals surface area contributed by atoms with Crippen molar-refractivity contribution in [2.24, 2.45) is 13.0 Å². The lowest BCUT2D eigenvalue weighted by atomic mass is 9.84. The van der Waals surface area contributed by atoms with Crippen LogP contribution >= 0.6 is 0 Å². The Morgan fingerprint density at radius 2 is 1.89 bits per heavy atom. The lowest BCUT2D eigenvalue weighted by Gasteiger charge is -2.30. The number of rotatable bonds is 4. The van der Waals surface area contributed by atoms with Crippen molar-refractivity contribution in [3.8, 4) is 0 Å². The van der Waals surface area contributed by atoms with Crippen LogP contribution in [0.1, 0.15) is 32.1 Å². The molecule has 0 amide bonds. The van der Waals surface area contributed by atoms with Crippen LogP contribution in [0.3, 0.4) is 0 Å². The Morgan fingerprint density at radius 3 is 2.53 bits per heavy atom. The zero-order valence-electron chi connectivity index (χ0n) is 11.8. The molecule has 1 fully saturated rings. The quantitative estimate of drug-likeness (QED) is 0.816. The van der Waals surface area contributed by atoms with Crippen molar-refractivity contribution < 1.29 is 0 Å². The minimum atomic E-state index is -0.457. The molecule has 5 heteroatoms. The number of nitrogens with zero attached hydrogens (tertiary/aromatic N) is 2. The van der Waals surface area contributed by atoms with E-state index in [-0.39, 0.29) is 6.04 Å². The van der Waals surface area contributed by atoms with Gasteiger partial charge in [-0.3, -0.25) is 9.59 Å². The lowest BCUT2D eigenvalue weighted by Crippen LogP contribution is -2.45. The number of hydrogen-bond donors (Lipinski definition) is 1. The number of nitrogens with one attached hydrogen (secondary N) is 1. The van der Waals surface area contributed by atoms with Gasteiger partial charge in [0.1, 0.15) is 0 Å². The van der Waals surface area contributed by atoms with Crippen LogP contribution in [0.2, 0.25) is 0 Å². The van der Waals surface area contributed by atoms with Gasteiger partial charge in [-0.25, -0.2) is 0 Å². The highest BCUT2D eigenvalue weighted by molar-refractivity contribution is 4.88. The fourth-order valence-corrected chi connectivity index (χ4v) is 2.96. The van der Waals surface area contributed by atoms with Crippen molar-refractivity contribution in [2.75, 3.05) is 7.05 Å². The number of likely N-dealkylation sites (N-methyl/N-ethyl adjacent to an activating group) is 1. The van der Waals surface area contributed by atoms with Gasteiger partial charge in [0, 0.05) is 32.0 Å². The van der Waals surface area contributed by atoms with Crippen LogP contribution in [-0.2, 0) is 13.6 Å². The van der Waals surface area contributed by atoms with Gasteiger partial charge < -0.3 is 14.5 Å². The van der Waals surface area contributed by atoms with Crippen LogP contribution in [0.5, 0.6) is 0 Å². The molecule has 1 aromatic heterocycles. The van der Waals surface area contributed by atoms with Crippen molar-refractivity contribution in [1.82, 2.24) is 14.5 Å². The third-order valence-corrected chi connectivity index (χ3v) is 4.22. The third kappa shape index (κ3) is 3.15. The number of aromatic nitrogens is 2. The molecule has 1 heterocycles. The Labute approximate surface area is 113 Å². The summed E-state index contributed by atoms with van der Waals surface area (Å²) in [7, 11) is 3.54. The van der Waals surface area contributed by atoms with E-state index in [4.69, 9.17) is 0 Å². The molecule has 0 spiro atoms. The molecule has 0 aliphatic heterocycles. The van der Waals surface area contributed by atoms with E-state index in [1.807, 2.05) is 7.05 Å². The van der Waals surface area contributed by atoms with Crippen LogP contribution < -0.4 is 16.4 Å². The second-order valence-corrected chi connectivity index (χ2v) is 5.46. The Balaban J connectivity index is 2.16. The predicted molar refractivity (Wildman–Crippen MR) is 75.4 cm³/mol. The summed E-state index contributed by atoms with van der Waals surface area (Å²) in [4.78, 5) is 23.6. The van der Waals surface area contributed by atoms with Crippen molar-refractivity contribution in [3.05, 3.63) is 33.1 Å². The fraction of sp³-hybridized carbons (Fsp3) is 0.714. The fourth-order valence-electron chi connectivity index (χ4n) is 2.96. The van der Waals surface area contributed by atoms with E-state index in [9.17, 15) is 9.59 Å². The molecule has 1 aromatic rings. The number of hydrogen-bond acceptors (Lipinski definition) is 3. The summed E-state index contributed by atoms with van der Waals surface area (Å²) in [5.74, 6) is 0.606. The topological polar surface area (TPSA) is 56.0 Å². The minimum absolute atomic E-state index is 0.269. The van der Waals surface area contributed by atoms with E-state index in [0.717, 1.165) is 0 Å². The van der Waals surface area contributed by atoms with Gasteiger partial charge in [0.15, 0.2) is 0 Å². The van der Waals surface area contributed by atoms with E-state index in [1.165, 1.54) is 41.2 Å². The predicted octanol–water partition coefficient (Wildman–Crippen LogP) is 0.715. The van der Waals surface area contributed by atoms with Crippen molar-refractivity contribution in [3.63, 3.8) is 0 Å². The maximum Gasteiger partial charge on any atom is 0.316 e. The molecular weight excluding hydrogens is 242 g/mol. The largest absolute Gasteiger partial charge is 0.316 e. The lowest BCUT2D eigenvalue weighted by molar-refractivity contribution is 0.255. The molecule has 1 unspecified atom stereocenters. The maximum absolute atomic E-state index is 11.9. The Kier molecular flexibility index (Phi) is 4.58.